The first-order chi connectivity index (χ1) is 14.5. The molecule has 1 atom stereocenters. The molecule has 1 amide bonds. The van der Waals surface area contributed by atoms with Gasteiger partial charge in [-0.15, -0.1) is 0 Å². The summed E-state index contributed by atoms with van der Waals surface area (Å²) in [6.45, 7) is 3.93. The van der Waals surface area contributed by atoms with E-state index in [4.69, 9.17) is 9.47 Å². The summed E-state index contributed by atoms with van der Waals surface area (Å²) in [4.78, 5) is 24.4. The minimum Gasteiger partial charge on any atom is -0.457 e. The van der Waals surface area contributed by atoms with Crippen molar-refractivity contribution >= 4 is 17.6 Å². The van der Waals surface area contributed by atoms with Crippen LogP contribution in [0.15, 0.2) is 78.9 Å². The Morgan fingerprint density at radius 2 is 1.60 bits per heavy atom. The molecule has 0 bridgehead atoms. The van der Waals surface area contributed by atoms with Crippen molar-refractivity contribution in [2.45, 2.75) is 26.2 Å². The monoisotopic (exact) mass is 403 g/mol. The Morgan fingerprint density at radius 3 is 2.30 bits per heavy atom. The third-order valence-corrected chi connectivity index (χ3v) is 4.76. The Morgan fingerprint density at radius 1 is 0.900 bits per heavy atom. The summed E-state index contributed by atoms with van der Waals surface area (Å²) < 4.78 is 10.9. The van der Waals surface area contributed by atoms with Gasteiger partial charge in [0.05, 0.1) is 5.56 Å². The molecule has 154 valence electrons. The van der Waals surface area contributed by atoms with Gasteiger partial charge in [-0.25, -0.2) is 4.79 Å². The van der Waals surface area contributed by atoms with Gasteiger partial charge in [0.2, 0.25) is 0 Å². The fraction of sp³-hybridized carbons (Fsp3) is 0.200. The number of benzene rings is 3. The summed E-state index contributed by atoms with van der Waals surface area (Å²) in [5.41, 5.74) is 2.20. The lowest BCUT2D eigenvalue weighted by molar-refractivity contribution is -0.119. The molecule has 0 saturated carbocycles. The SMILES string of the molecule is CC[C@@H](C)c1ccc(NC(=O)COC(=O)c2cccc(Oc3ccccc3)c2)cc1. The van der Waals surface area contributed by atoms with Crippen LogP contribution in [0.3, 0.4) is 0 Å². The molecule has 0 aliphatic rings. The van der Waals surface area contributed by atoms with Gasteiger partial charge in [-0.3, -0.25) is 4.79 Å². The topological polar surface area (TPSA) is 64.6 Å². The highest BCUT2D eigenvalue weighted by Gasteiger charge is 2.12. The van der Waals surface area contributed by atoms with E-state index in [0.29, 0.717) is 28.7 Å². The minimum atomic E-state index is -0.587. The summed E-state index contributed by atoms with van der Waals surface area (Å²) in [7, 11) is 0. The normalized spacial score (nSPS) is 11.4. The summed E-state index contributed by atoms with van der Waals surface area (Å²) >= 11 is 0. The van der Waals surface area contributed by atoms with E-state index in [1.807, 2.05) is 54.6 Å². The van der Waals surface area contributed by atoms with Crippen LogP contribution in [-0.2, 0) is 9.53 Å². The van der Waals surface area contributed by atoms with Crippen molar-refractivity contribution in [3.05, 3.63) is 90.0 Å². The zero-order valence-corrected chi connectivity index (χ0v) is 17.1. The van der Waals surface area contributed by atoms with Crippen LogP contribution in [0.1, 0.15) is 42.1 Å². The smallest absolute Gasteiger partial charge is 0.338 e. The fourth-order valence-corrected chi connectivity index (χ4v) is 2.85. The maximum atomic E-state index is 12.3. The third kappa shape index (κ3) is 5.95. The van der Waals surface area contributed by atoms with Gasteiger partial charge in [-0.05, 0) is 60.4 Å². The molecule has 0 saturated heterocycles. The number of esters is 1. The van der Waals surface area contributed by atoms with Crippen LogP contribution in [0.25, 0.3) is 0 Å². The Hall–Kier alpha value is -3.60. The van der Waals surface area contributed by atoms with E-state index in [9.17, 15) is 9.59 Å². The molecule has 0 unspecified atom stereocenters. The van der Waals surface area contributed by atoms with Gasteiger partial charge in [0.1, 0.15) is 11.5 Å². The first-order valence-corrected chi connectivity index (χ1v) is 9.95. The van der Waals surface area contributed by atoms with E-state index in [1.54, 1.807) is 24.3 Å². The lowest BCUT2D eigenvalue weighted by Crippen LogP contribution is -2.20. The largest absolute Gasteiger partial charge is 0.457 e. The molecule has 1 N–H and O–H groups in total. The number of anilines is 1. The molecule has 0 spiro atoms. The second-order valence-electron chi connectivity index (χ2n) is 7.00. The molecule has 3 aromatic rings. The van der Waals surface area contributed by atoms with Gasteiger partial charge in [0.25, 0.3) is 5.91 Å². The summed E-state index contributed by atoms with van der Waals surface area (Å²) in [5.74, 6) is 0.674. The molecule has 3 aromatic carbocycles. The Kier molecular flexibility index (Phi) is 7.22. The van der Waals surface area contributed by atoms with Crippen LogP contribution in [-0.4, -0.2) is 18.5 Å². The van der Waals surface area contributed by atoms with Gasteiger partial charge in [0, 0.05) is 5.69 Å². The number of ether oxygens (including phenoxy) is 2. The molecule has 3 rings (SSSR count). The Bertz CT molecular complexity index is 984. The molecule has 0 fully saturated rings. The van der Waals surface area contributed by atoms with Crippen LogP contribution < -0.4 is 10.1 Å². The molecule has 0 radical (unpaired) electrons. The lowest BCUT2D eigenvalue weighted by atomic mass is 9.99. The number of amides is 1. The zero-order valence-electron chi connectivity index (χ0n) is 17.1. The average molecular weight is 403 g/mol. The van der Waals surface area contributed by atoms with Crippen LogP contribution in [0.4, 0.5) is 5.69 Å². The van der Waals surface area contributed by atoms with Crippen molar-refractivity contribution in [2.24, 2.45) is 0 Å². The van der Waals surface area contributed by atoms with Gasteiger partial charge in [-0.2, -0.15) is 0 Å². The van der Waals surface area contributed by atoms with Crippen molar-refractivity contribution in [3.8, 4) is 11.5 Å². The van der Waals surface area contributed by atoms with E-state index in [2.05, 4.69) is 19.2 Å². The van der Waals surface area contributed by atoms with Crippen molar-refractivity contribution in [3.63, 3.8) is 0 Å². The Balaban J connectivity index is 1.52. The minimum absolute atomic E-state index is 0.314. The average Bonchev–Trinajstić information content (AvgIpc) is 2.78. The highest BCUT2D eigenvalue weighted by atomic mass is 16.5. The molecule has 5 nitrogen and oxygen atoms in total. The zero-order chi connectivity index (χ0) is 21.3. The highest BCUT2D eigenvalue weighted by Crippen LogP contribution is 2.22. The van der Waals surface area contributed by atoms with Gasteiger partial charge in [-0.1, -0.05) is 50.2 Å². The highest BCUT2D eigenvalue weighted by molar-refractivity contribution is 5.95. The number of rotatable bonds is 8. The van der Waals surface area contributed by atoms with Gasteiger partial charge >= 0.3 is 5.97 Å². The summed E-state index contributed by atoms with van der Waals surface area (Å²) in [6, 6.07) is 23.6. The van der Waals surface area contributed by atoms with E-state index >= 15 is 0 Å². The second-order valence-corrected chi connectivity index (χ2v) is 7.00. The predicted octanol–water partition coefficient (Wildman–Crippen LogP) is 5.79. The predicted molar refractivity (Wildman–Crippen MR) is 117 cm³/mol. The van der Waals surface area contributed by atoms with Crippen LogP contribution in [0.5, 0.6) is 11.5 Å². The van der Waals surface area contributed by atoms with Crippen molar-refractivity contribution < 1.29 is 19.1 Å². The van der Waals surface area contributed by atoms with Crippen LogP contribution in [0, 0.1) is 0 Å². The number of carbonyl (C=O) groups is 2. The van der Waals surface area contributed by atoms with Crippen molar-refractivity contribution in [1.29, 1.82) is 0 Å². The molecule has 5 heteroatoms. The first-order valence-electron chi connectivity index (χ1n) is 9.95. The fourth-order valence-electron chi connectivity index (χ4n) is 2.85. The first kappa shape index (κ1) is 21.1. The van der Waals surface area contributed by atoms with Crippen LogP contribution in [0.2, 0.25) is 0 Å². The lowest BCUT2D eigenvalue weighted by Gasteiger charge is -2.11. The second kappa shape index (κ2) is 10.3. The van der Waals surface area contributed by atoms with Crippen LogP contribution >= 0.6 is 0 Å². The van der Waals surface area contributed by atoms with E-state index < -0.39 is 11.9 Å². The number of hydrogen-bond donors (Lipinski definition) is 1. The van der Waals surface area contributed by atoms with E-state index in [0.717, 1.165) is 6.42 Å². The van der Waals surface area contributed by atoms with Gasteiger partial charge in [0.15, 0.2) is 6.61 Å². The number of hydrogen-bond acceptors (Lipinski definition) is 4. The van der Waals surface area contributed by atoms with E-state index in [1.165, 1.54) is 5.56 Å². The molecule has 0 aliphatic carbocycles. The molecular formula is C25H25NO4. The molecular weight excluding hydrogens is 378 g/mol. The van der Waals surface area contributed by atoms with Crippen molar-refractivity contribution in [2.75, 3.05) is 11.9 Å². The third-order valence-electron chi connectivity index (χ3n) is 4.76. The molecule has 0 aliphatic heterocycles. The maximum Gasteiger partial charge on any atom is 0.338 e. The number of nitrogens with one attached hydrogen (secondary N) is 1. The molecule has 30 heavy (non-hydrogen) atoms. The quantitative estimate of drug-likeness (QED) is 0.484. The number of para-hydroxylation sites is 1. The molecule has 0 aromatic heterocycles. The van der Waals surface area contributed by atoms with E-state index in [-0.39, 0.29) is 6.61 Å². The summed E-state index contributed by atoms with van der Waals surface area (Å²) in [5, 5.41) is 2.74. The molecule has 0 heterocycles. The Labute approximate surface area is 176 Å². The number of carbonyl (C=O) groups excluding carboxylic acids is 2. The summed E-state index contributed by atoms with van der Waals surface area (Å²) in [6.07, 6.45) is 1.05. The standard InChI is InChI=1S/C25H25NO4/c1-3-18(2)19-12-14-21(15-13-19)26-24(27)17-29-25(28)20-8-7-11-23(16-20)30-22-9-5-4-6-10-22/h4-16,18H,3,17H2,1-2H3,(H,26,27)/t18-/m1/s1. The van der Waals surface area contributed by atoms with Gasteiger partial charge < -0.3 is 14.8 Å². The maximum absolute atomic E-state index is 12.3. The van der Waals surface area contributed by atoms with Crippen molar-refractivity contribution in [1.82, 2.24) is 0 Å².